The zero-order chi connectivity index (χ0) is 20.0. The van der Waals surface area contributed by atoms with Gasteiger partial charge in [0, 0.05) is 13.1 Å². The molecule has 1 aromatic carbocycles. The molecule has 3 heterocycles. The second-order valence-corrected chi connectivity index (χ2v) is 8.37. The Balaban J connectivity index is 1.38. The lowest BCUT2D eigenvalue weighted by Crippen LogP contribution is -2.34. The maximum atomic E-state index is 13.1. The summed E-state index contributed by atoms with van der Waals surface area (Å²) in [5.41, 5.74) is 0.172. The summed E-state index contributed by atoms with van der Waals surface area (Å²) in [5.74, 6) is 2.62. The quantitative estimate of drug-likeness (QED) is 0.775. The van der Waals surface area contributed by atoms with Gasteiger partial charge in [0.1, 0.15) is 12.2 Å². The van der Waals surface area contributed by atoms with Crippen molar-refractivity contribution in [3.63, 3.8) is 0 Å². The summed E-state index contributed by atoms with van der Waals surface area (Å²) in [6.07, 6.45) is 4.33. The van der Waals surface area contributed by atoms with E-state index in [9.17, 15) is 9.59 Å². The highest BCUT2D eigenvalue weighted by Crippen LogP contribution is 2.37. The number of carbonyl (C=O) groups is 1. The van der Waals surface area contributed by atoms with Crippen LogP contribution in [-0.2, 0) is 0 Å². The highest BCUT2D eigenvalue weighted by atomic mass is 16.6. The van der Waals surface area contributed by atoms with E-state index in [4.69, 9.17) is 13.9 Å². The minimum Gasteiger partial charge on any atom is -0.485 e. The zero-order valence-electron chi connectivity index (χ0n) is 16.6. The van der Waals surface area contributed by atoms with Crippen LogP contribution in [0.15, 0.2) is 39.5 Å². The van der Waals surface area contributed by atoms with Crippen molar-refractivity contribution >= 4 is 5.91 Å². The predicted octanol–water partition coefficient (Wildman–Crippen LogP) is 3.72. The van der Waals surface area contributed by atoms with E-state index in [1.807, 2.05) is 29.2 Å². The molecular formula is C23H25NO5. The third-order valence-corrected chi connectivity index (χ3v) is 6.47. The fourth-order valence-corrected chi connectivity index (χ4v) is 4.94. The van der Waals surface area contributed by atoms with Gasteiger partial charge in [-0.15, -0.1) is 0 Å². The summed E-state index contributed by atoms with van der Waals surface area (Å²) in [4.78, 5) is 27.7. The molecule has 152 valence electrons. The Kier molecular flexibility index (Phi) is 4.57. The summed E-state index contributed by atoms with van der Waals surface area (Å²) in [6.45, 7) is 3.54. The third kappa shape index (κ3) is 3.30. The average molecular weight is 395 g/mol. The lowest BCUT2D eigenvalue weighted by molar-refractivity contribution is 0.0707. The number of nitrogens with zero attached hydrogens (tertiary/aromatic N) is 1. The molecule has 1 aliphatic carbocycles. The van der Waals surface area contributed by atoms with Crippen molar-refractivity contribution in [2.75, 3.05) is 19.7 Å². The van der Waals surface area contributed by atoms with Gasteiger partial charge in [-0.2, -0.15) is 0 Å². The molecule has 1 saturated carbocycles. The van der Waals surface area contributed by atoms with E-state index < -0.39 is 11.7 Å². The molecule has 2 aliphatic heterocycles. The standard InChI is InChI=1S/C23H25NO5/c1-14-10-19(20-13-27-17-8-4-5-9-18(17)28-20)29-23(26)21(14)22(25)24-11-15-6-2-3-7-16(15)12-24/h4-5,8-10,15-16,20H,2-3,6-7,11-13H2,1H3/t15-,16+,20?. The van der Waals surface area contributed by atoms with Crippen LogP contribution in [0, 0.1) is 18.8 Å². The van der Waals surface area contributed by atoms with E-state index in [1.165, 1.54) is 25.7 Å². The van der Waals surface area contributed by atoms with Gasteiger partial charge < -0.3 is 18.8 Å². The smallest absolute Gasteiger partial charge is 0.349 e. The molecule has 0 radical (unpaired) electrons. The average Bonchev–Trinajstić information content (AvgIpc) is 3.17. The number of ether oxygens (including phenoxy) is 2. The van der Waals surface area contributed by atoms with Crippen molar-refractivity contribution in [1.29, 1.82) is 0 Å². The van der Waals surface area contributed by atoms with E-state index in [0.717, 1.165) is 13.1 Å². The highest BCUT2D eigenvalue weighted by Gasteiger charge is 2.38. The SMILES string of the molecule is Cc1cc(C2COc3ccccc3O2)oc(=O)c1C(=O)N1C[C@H]2CCCC[C@H]2C1. The van der Waals surface area contributed by atoms with Crippen molar-refractivity contribution in [1.82, 2.24) is 4.90 Å². The molecule has 0 bridgehead atoms. The molecule has 29 heavy (non-hydrogen) atoms. The number of fused-ring (bicyclic) bond motifs is 2. The van der Waals surface area contributed by atoms with E-state index in [1.54, 1.807) is 13.0 Å². The number of amides is 1. The first kappa shape index (κ1) is 18.3. The van der Waals surface area contributed by atoms with Gasteiger partial charge in [-0.1, -0.05) is 25.0 Å². The monoisotopic (exact) mass is 395 g/mol. The van der Waals surface area contributed by atoms with Crippen molar-refractivity contribution in [2.24, 2.45) is 11.8 Å². The van der Waals surface area contributed by atoms with E-state index in [2.05, 4.69) is 0 Å². The van der Waals surface area contributed by atoms with Gasteiger partial charge in [0.15, 0.2) is 23.4 Å². The molecule has 1 unspecified atom stereocenters. The summed E-state index contributed by atoms with van der Waals surface area (Å²) < 4.78 is 17.2. The molecule has 1 aromatic heterocycles. The minimum absolute atomic E-state index is 0.143. The minimum atomic E-state index is -0.595. The lowest BCUT2D eigenvalue weighted by atomic mass is 9.82. The Labute approximate surface area is 169 Å². The number of para-hydroxylation sites is 2. The molecule has 2 aromatic rings. The predicted molar refractivity (Wildman–Crippen MR) is 106 cm³/mol. The molecule has 2 fully saturated rings. The van der Waals surface area contributed by atoms with Crippen LogP contribution in [0.1, 0.15) is 53.5 Å². The lowest BCUT2D eigenvalue weighted by Gasteiger charge is -2.26. The number of hydrogen-bond donors (Lipinski definition) is 0. The Morgan fingerprint density at radius 2 is 1.76 bits per heavy atom. The van der Waals surface area contributed by atoms with Gasteiger partial charge in [0.05, 0.1) is 0 Å². The van der Waals surface area contributed by atoms with Crippen LogP contribution in [0.2, 0.25) is 0 Å². The zero-order valence-corrected chi connectivity index (χ0v) is 16.6. The summed E-state index contributed by atoms with van der Waals surface area (Å²) in [7, 11) is 0. The summed E-state index contributed by atoms with van der Waals surface area (Å²) >= 11 is 0. The molecule has 5 rings (SSSR count). The maximum Gasteiger partial charge on any atom is 0.349 e. The Morgan fingerprint density at radius 1 is 1.07 bits per heavy atom. The fraction of sp³-hybridized carbons (Fsp3) is 0.478. The van der Waals surface area contributed by atoms with Crippen LogP contribution < -0.4 is 15.1 Å². The van der Waals surface area contributed by atoms with Gasteiger partial charge in [-0.05, 0) is 55.4 Å². The van der Waals surface area contributed by atoms with Gasteiger partial charge in [-0.25, -0.2) is 4.79 Å². The largest absolute Gasteiger partial charge is 0.485 e. The van der Waals surface area contributed by atoms with Crippen LogP contribution in [-0.4, -0.2) is 30.5 Å². The van der Waals surface area contributed by atoms with Crippen molar-refractivity contribution < 1.29 is 18.7 Å². The molecule has 3 atom stereocenters. The molecule has 3 aliphatic rings. The number of aryl methyl sites for hydroxylation is 1. The van der Waals surface area contributed by atoms with Crippen LogP contribution in [0.4, 0.5) is 0 Å². The van der Waals surface area contributed by atoms with Crippen LogP contribution in [0.3, 0.4) is 0 Å². The van der Waals surface area contributed by atoms with Gasteiger partial charge in [0.2, 0.25) is 0 Å². The summed E-state index contributed by atoms with van der Waals surface area (Å²) in [6, 6.07) is 9.13. The molecule has 6 heteroatoms. The number of likely N-dealkylation sites (tertiary alicyclic amines) is 1. The van der Waals surface area contributed by atoms with Crippen LogP contribution in [0.5, 0.6) is 11.5 Å². The Hall–Kier alpha value is -2.76. The second-order valence-electron chi connectivity index (χ2n) is 8.37. The molecular weight excluding hydrogens is 370 g/mol. The Bertz CT molecular complexity index is 983. The van der Waals surface area contributed by atoms with Gasteiger partial charge in [0.25, 0.3) is 5.91 Å². The second kappa shape index (κ2) is 7.25. The number of carbonyl (C=O) groups excluding carboxylic acids is 1. The van der Waals surface area contributed by atoms with Crippen LogP contribution in [0.25, 0.3) is 0 Å². The van der Waals surface area contributed by atoms with Gasteiger partial charge in [-0.3, -0.25) is 4.79 Å². The molecule has 1 saturated heterocycles. The van der Waals surface area contributed by atoms with E-state index >= 15 is 0 Å². The molecule has 0 N–H and O–H groups in total. The van der Waals surface area contributed by atoms with Gasteiger partial charge >= 0.3 is 5.63 Å². The Morgan fingerprint density at radius 3 is 2.45 bits per heavy atom. The fourth-order valence-electron chi connectivity index (χ4n) is 4.94. The van der Waals surface area contributed by atoms with Crippen molar-refractivity contribution in [2.45, 2.75) is 38.7 Å². The first-order valence-corrected chi connectivity index (χ1v) is 10.4. The molecule has 6 nitrogen and oxygen atoms in total. The summed E-state index contributed by atoms with van der Waals surface area (Å²) in [5, 5.41) is 0. The third-order valence-electron chi connectivity index (χ3n) is 6.47. The highest BCUT2D eigenvalue weighted by molar-refractivity contribution is 5.95. The maximum absolute atomic E-state index is 13.1. The van der Waals surface area contributed by atoms with E-state index in [0.29, 0.717) is 34.7 Å². The topological polar surface area (TPSA) is 69.0 Å². The molecule has 0 spiro atoms. The molecule has 1 amide bonds. The normalized spacial score (nSPS) is 25.6. The first-order chi connectivity index (χ1) is 14.1. The number of benzene rings is 1. The van der Waals surface area contributed by atoms with Crippen LogP contribution >= 0.6 is 0 Å². The number of rotatable bonds is 2. The van der Waals surface area contributed by atoms with Crippen molar-refractivity contribution in [3.8, 4) is 11.5 Å². The van der Waals surface area contributed by atoms with Crippen molar-refractivity contribution in [3.05, 3.63) is 57.6 Å². The van der Waals surface area contributed by atoms with E-state index in [-0.39, 0.29) is 18.1 Å². The first-order valence-electron chi connectivity index (χ1n) is 10.4. The number of hydrogen-bond acceptors (Lipinski definition) is 5.